The maximum Gasteiger partial charge on any atom is 0.0507 e. The van der Waals surface area contributed by atoms with E-state index in [0.717, 1.165) is 36.8 Å². The fourth-order valence-corrected chi connectivity index (χ4v) is 3.48. The van der Waals surface area contributed by atoms with Crippen molar-refractivity contribution in [3.63, 3.8) is 0 Å². The van der Waals surface area contributed by atoms with Gasteiger partial charge in [0.1, 0.15) is 0 Å². The van der Waals surface area contributed by atoms with Crippen LogP contribution in [0.5, 0.6) is 0 Å². The average Bonchev–Trinajstić information content (AvgIpc) is 2.72. The summed E-state index contributed by atoms with van der Waals surface area (Å²) in [6.45, 7) is 0.940. The lowest BCUT2D eigenvalue weighted by Gasteiger charge is -2.24. The maximum absolute atomic E-state index is 4.30. The second-order valence-corrected chi connectivity index (χ2v) is 6.65. The molecule has 0 saturated heterocycles. The summed E-state index contributed by atoms with van der Waals surface area (Å²) < 4.78 is 0. The third-order valence-electron chi connectivity index (χ3n) is 4.87. The Morgan fingerprint density at radius 1 is 1.00 bits per heavy atom. The molecule has 0 aliphatic carbocycles. The van der Waals surface area contributed by atoms with Crippen molar-refractivity contribution < 1.29 is 0 Å². The Hall–Kier alpha value is -2.89. The van der Waals surface area contributed by atoms with Crippen LogP contribution in [0.1, 0.15) is 30.4 Å². The molecule has 1 unspecified atom stereocenters. The molecule has 1 atom stereocenters. The molecule has 2 heterocycles. The van der Waals surface area contributed by atoms with Crippen molar-refractivity contribution in [2.45, 2.75) is 25.3 Å². The van der Waals surface area contributed by atoms with E-state index in [1.165, 1.54) is 16.5 Å². The van der Waals surface area contributed by atoms with Crippen LogP contribution in [0.4, 0.5) is 0 Å². The highest BCUT2D eigenvalue weighted by atomic mass is 14.9. The first-order chi connectivity index (χ1) is 12.9. The molecule has 0 spiro atoms. The maximum atomic E-state index is 4.30. The van der Waals surface area contributed by atoms with E-state index in [4.69, 9.17) is 0 Å². The summed E-state index contributed by atoms with van der Waals surface area (Å²) in [5.41, 5.74) is 3.80. The SMILES string of the molecule is C(#Cc1cncc2ccccc12)CCC1CC(c2ccccc2)=CCN1. The summed E-state index contributed by atoms with van der Waals surface area (Å²) in [5.74, 6) is 6.66. The largest absolute Gasteiger partial charge is 0.310 e. The second-order valence-electron chi connectivity index (χ2n) is 6.65. The minimum atomic E-state index is 0.496. The monoisotopic (exact) mass is 338 g/mol. The molecule has 26 heavy (non-hydrogen) atoms. The van der Waals surface area contributed by atoms with Gasteiger partial charge in [-0.3, -0.25) is 4.98 Å². The molecule has 128 valence electrons. The molecule has 2 aromatic carbocycles. The summed E-state index contributed by atoms with van der Waals surface area (Å²) in [5, 5.41) is 5.92. The fourth-order valence-electron chi connectivity index (χ4n) is 3.48. The minimum Gasteiger partial charge on any atom is -0.310 e. The summed E-state index contributed by atoms with van der Waals surface area (Å²) in [7, 11) is 0. The van der Waals surface area contributed by atoms with Crippen LogP contribution in [0.25, 0.3) is 16.3 Å². The van der Waals surface area contributed by atoms with E-state index in [-0.39, 0.29) is 0 Å². The van der Waals surface area contributed by atoms with Crippen molar-refractivity contribution in [3.05, 3.63) is 84.2 Å². The van der Waals surface area contributed by atoms with E-state index < -0.39 is 0 Å². The standard InChI is InChI=1S/C24H22N2/c1-2-8-19(9-3-1)20-14-15-26-23(16-20)12-6-4-10-21-17-25-18-22-11-5-7-13-24(21)22/h1-3,5,7-9,11,13-14,17-18,23,26H,6,12,15-16H2. The van der Waals surface area contributed by atoms with Crippen LogP contribution in [0.15, 0.2) is 73.1 Å². The van der Waals surface area contributed by atoms with Gasteiger partial charge in [-0.1, -0.05) is 72.5 Å². The molecule has 3 aromatic rings. The molecule has 0 bridgehead atoms. The van der Waals surface area contributed by atoms with Crippen molar-refractivity contribution in [1.29, 1.82) is 0 Å². The minimum absolute atomic E-state index is 0.496. The van der Waals surface area contributed by atoms with Gasteiger partial charge in [0, 0.05) is 42.2 Å². The number of fused-ring (bicyclic) bond motifs is 1. The topological polar surface area (TPSA) is 24.9 Å². The van der Waals surface area contributed by atoms with Crippen LogP contribution in [-0.2, 0) is 0 Å². The first-order valence-electron chi connectivity index (χ1n) is 9.19. The molecule has 1 N–H and O–H groups in total. The smallest absolute Gasteiger partial charge is 0.0507 e. The van der Waals surface area contributed by atoms with Gasteiger partial charge in [0.25, 0.3) is 0 Å². The molecule has 0 amide bonds. The number of hydrogen-bond donors (Lipinski definition) is 1. The van der Waals surface area contributed by atoms with Crippen LogP contribution in [-0.4, -0.2) is 17.6 Å². The molecule has 1 aliphatic heterocycles. The number of aromatic nitrogens is 1. The molecule has 1 aliphatic rings. The Morgan fingerprint density at radius 3 is 2.77 bits per heavy atom. The zero-order valence-electron chi connectivity index (χ0n) is 14.8. The Bertz CT molecular complexity index is 972. The van der Waals surface area contributed by atoms with Crippen molar-refractivity contribution in [1.82, 2.24) is 10.3 Å². The lowest BCUT2D eigenvalue weighted by molar-refractivity contribution is 0.508. The zero-order valence-corrected chi connectivity index (χ0v) is 14.8. The van der Waals surface area contributed by atoms with Crippen LogP contribution < -0.4 is 5.32 Å². The number of rotatable bonds is 3. The highest BCUT2D eigenvalue weighted by molar-refractivity contribution is 5.87. The number of nitrogens with zero attached hydrogens (tertiary/aromatic N) is 1. The first-order valence-corrected chi connectivity index (χ1v) is 9.19. The third kappa shape index (κ3) is 3.85. The number of benzene rings is 2. The molecule has 2 nitrogen and oxygen atoms in total. The average molecular weight is 338 g/mol. The molecular formula is C24H22N2. The predicted octanol–water partition coefficient (Wildman–Crippen LogP) is 4.81. The Morgan fingerprint density at radius 2 is 1.85 bits per heavy atom. The van der Waals surface area contributed by atoms with E-state index in [1.807, 2.05) is 18.5 Å². The van der Waals surface area contributed by atoms with Gasteiger partial charge >= 0.3 is 0 Å². The van der Waals surface area contributed by atoms with Gasteiger partial charge in [0.05, 0.1) is 5.56 Å². The van der Waals surface area contributed by atoms with Crippen molar-refractivity contribution in [3.8, 4) is 11.8 Å². The van der Waals surface area contributed by atoms with Crippen LogP contribution >= 0.6 is 0 Å². The van der Waals surface area contributed by atoms with Gasteiger partial charge < -0.3 is 5.32 Å². The van der Waals surface area contributed by atoms with E-state index in [2.05, 4.69) is 76.7 Å². The van der Waals surface area contributed by atoms with Crippen molar-refractivity contribution >= 4 is 16.3 Å². The fraction of sp³-hybridized carbons (Fsp3) is 0.208. The summed E-state index contributed by atoms with van der Waals surface area (Å²) in [4.78, 5) is 4.30. The van der Waals surface area contributed by atoms with Gasteiger partial charge in [-0.2, -0.15) is 0 Å². The van der Waals surface area contributed by atoms with Crippen LogP contribution in [0.2, 0.25) is 0 Å². The van der Waals surface area contributed by atoms with Gasteiger partial charge in [-0.25, -0.2) is 0 Å². The Labute approximate surface area is 155 Å². The molecule has 0 fully saturated rings. The van der Waals surface area contributed by atoms with Gasteiger partial charge in [-0.15, -0.1) is 0 Å². The third-order valence-corrected chi connectivity index (χ3v) is 4.87. The lowest BCUT2D eigenvalue weighted by Crippen LogP contribution is -2.32. The molecule has 0 radical (unpaired) electrons. The second kappa shape index (κ2) is 7.99. The Kier molecular flexibility index (Phi) is 5.09. The molecule has 0 saturated carbocycles. The molecule has 4 rings (SSSR count). The number of hydrogen-bond acceptors (Lipinski definition) is 2. The summed E-state index contributed by atoms with van der Waals surface area (Å²) >= 11 is 0. The highest BCUT2D eigenvalue weighted by Crippen LogP contribution is 2.24. The van der Waals surface area contributed by atoms with E-state index >= 15 is 0 Å². The van der Waals surface area contributed by atoms with Gasteiger partial charge in [-0.05, 0) is 24.0 Å². The number of nitrogens with one attached hydrogen (secondary N) is 1. The zero-order chi connectivity index (χ0) is 17.6. The van der Waals surface area contributed by atoms with Crippen molar-refractivity contribution in [2.24, 2.45) is 0 Å². The Balaban J connectivity index is 1.38. The van der Waals surface area contributed by atoms with Crippen LogP contribution in [0, 0.1) is 11.8 Å². The number of pyridine rings is 1. The molecular weight excluding hydrogens is 316 g/mol. The normalized spacial score (nSPS) is 16.6. The summed E-state index contributed by atoms with van der Waals surface area (Å²) in [6, 6.07) is 19.5. The molecule has 1 aromatic heterocycles. The molecule has 2 heteroatoms. The van der Waals surface area contributed by atoms with Gasteiger partial charge in [0.15, 0.2) is 0 Å². The highest BCUT2D eigenvalue weighted by Gasteiger charge is 2.15. The van der Waals surface area contributed by atoms with E-state index in [1.54, 1.807) is 0 Å². The van der Waals surface area contributed by atoms with Crippen LogP contribution in [0.3, 0.4) is 0 Å². The lowest BCUT2D eigenvalue weighted by atomic mass is 9.93. The first kappa shape index (κ1) is 16.6. The van der Waals surface area contributed by atoms with E-state index in [9.17, 15) is 0 Å². The van der Waals surface area contributed by atoms with Gasteiger partial charge in [0.2, 0.25) is 0 Å². The summed E-state index contributed by atoms with van der Waals surface area (Å²) in [6.07, 6.45) is 9.09. The quantitative estimate of drug-likeness (QED) is 0.693. The predicted molar refractivity (Wildman–Crippen MR) is 109 cm³/mol. The van der Waals surface area contributed by atoms with Crippen molar-refractivity contribution in [2.75, 3.05) is 6.54 Å². The van der Waals surface area contributed by atoms with E-state index in [0.29, 0.717) is 6.04 Å².